The maximum atomic E-state index is 11.6. The Morgan fingerprint density at radius 2 is 2.12 bits per heavy atom. The van der Waals surface area contributed by atoms with E-state index < -0.39 is 0 Å². The molecule has 0 aromatic rings. The third kappa shape index (κ3) is 11.6. The zero-order valence-electron chi connectivity index (χ0n) is 16.1. The van der Waals surface area contributed by atoms with Crippen LogP contribution in [0.5, 0.6) is 0 Å². The van der Waals surface area contributed by atoms with Gasteiger partial charge in [-0.3, -0.25) is 9.79 Å². The normalized spacial score (nSPS) is 14.8. The van der Waals surface area contributed by atoms with Crippen LogP contribution in [0.25, 0.3) is 0 Å². The first-order chi connectivity index (χ1) is 11.7. The van der Waals surface area contributed by atoms with E-state index in [1.807, 2.05) is 4.90 Å². The molecule has 1 heterocycles. The molecule has 1 amide bonds. The lowest BCUT2D eigenvalue weighted by molar-refractivity contribution is -0.127. The molecule has 0 aromatic carbocycles. The number of rotatable bonds is 12. The number of carbonyl (C=O) groups is 1. The molecule has 0 spiro atoms. The standard InChI is InChI=1S/C17H35N5O2.HI/c1-4-18-17(19-9-6-11-21(2)14-15-24-3)20-10-7-13-22-12-5-8-16(22)23;/h4-15H2,1-3H3,(H2,18,19,20);1H. The SMILES string of the molecule is CCNC(=NCCCN1CCCC1=O)NCCCN(C)CCOC.I. The van der Waals surface area contributed by atoms with Gasteiger partial charge in [0.15, 0.2) is 5.96 Å². The third-order valence-corrected chi connectivity index (χ3v) is 4.06. The molecule has 8 heteroatoms. The number of carbonyl (C=O) groups excluding carboxylic acids is 1. The summed E-state index contributed by atoms with van der Waals surface area (Å²) in [6.07, 6.45) is 3.70. The second-order valence-electron chi connectivity index (χ2n) is 6.17. The Labute approximate surface area is 170 Å². The highest BCUT2D eigenvalue weighted by Crippen LogP contribution is 2.09. The number of nitrogens with zero attached hydrogens (tertiary/aromatic N) is 3. The molecule has 0 radical (unpaired) electrons. The van der Waals surface area contributed by atoms with Crippen LogP contribution in [0, 0.1) is 0 Å². The minimum atomic E-state index is 0. The van der Waals surface area contributed by atoms with E-state index in [2.05, 4.69) is 34.5 Å². The van der Waals surface area contributed by atoms with Gasteiger partial charge in [0, 0.05) is 52.8 Å². The Morgan fingerprint density at radius 1 is 1.32 bits per heavy atom. The van der Waals surface area contributed by atoms with Gasteiger partial charge in [0.1, 0.15) is 0 Å². The number of hydrogen-bond acceptors (Lipinski definition) is 4. The fraction of sp³-hybridized carbons (Fsp3) is 0.882. The lowest BCUT2D eigenvalue weighted by Gasteiger charge is -2.17. The van der Waals surface area contributed by atoms with Crippen LogP contribution in [0.2, 0.25) is 0 Å². The van der Waals surface area contributed by atoms with Gasteiger partial charge in [-0.15, -0.1) is 24.0 Å². The highest BCUT2D eigenvalue weighted by molar-refractivity contribution is 14.0. The van der Waals surface area contributed by atoms with Gasteiger partial charge in [0.2, 0.25) is 5.91 Å². The summed E-state index contributed by atoms with van der Waals surface area (Å²) in [5, 5.41) is 6.64. The van der Waals surface area contributed by atoms with Gasteiger partial charge in [-0.1, -0.05) is 0 Å². The number of halogens is 1. The van der Waals surface area contributed by atoms with E-state index in [4.69, 9.17) is 4.74 Å². The summed E-state index contributed by atoms with van der Waals surface area (Å²) in [6, 6.07) is 0. The second kappa shape index (κ2) is 15.6. The lowest BCUT2D eigenvalue weighted by atomic mass is 10.4. The summed E-state index contributed by atoms with van der Waals surface area (Å²) in [4.78, 5) is 20.4. The monoisotopic (exact) mass is 469 g/mol. The molecule has 0 unspecified atom stereocenters. The predicted molar refractivity (Wildman–Crippen MR) is 114 cm³/mol. The van der Waals surface area contributed by atoms with Crippen molar-refractivity contribution in [3.05, 3.63) is 0 Å². The van der Waals surface area contributed by atoms with E-state index in [0.717, 1.165) is 77.6 Å². The molecule has 1 fully saturated rings. The number of aliphatic imine (C=N–C) groups is 1. The minimum absolute atomic E-state index is 0. The molecule has 7 nitrogen and oxygen atoms in total. The lowest BCUT2D eigenvalue weighted by Crippen LogP contribution is -2.39. The Balaban J connectivity index is 0.00000576. The quantitative estimate of drug-likeness (QED) is 0.194. The van der Waals surface area contributed by atoms with Gasteiger partial charge < -0.3 is 25.2 Å². The Morgan fingerprint density at radius 3 is 2.76 bits per heavy atom. The van der Waals surface area contributed by atoms with Crippen LogP contribution in [0.3, 0.4) is 0 Å². The van der Waals surface area contributed by atoms with Crippen LogP contribution < -0.4 is 10.6 Å². The number of likely N-dealkylation sites (N-methyl/N-ethyl adjacent to an activating group) is 1. The number of likely N-dealkylation sites (tertiary alicyclic amines) is 1. The average Bonchev–Trinajstić information content (AvgIpc) is 2.98. The van der Waals surface area contributed by atoms with Gasteiger partial charge >= 0.3 is 0 Å². The van der Waals surface area contributed by atoms with E-state index in [1.165, 1.54) is 0 Å². The van der Waals surface area contributed by atoms with Crippen molar-refractivity contribution in [1.29, 1.82) is 0 Å². The molecule has 148 valence electrons. The van der Waals surface area contributed by atoms with E-state index in [0.29, 0.717) is 12.3 Å². The molecule has 1 rings (SSSR count). The first kappa shape index (κ1) is 24.4. The van der Waals surface area contributed by atoms with Crippen molar-refractivity contribution in [3.63, 3.8) is 0 Å². The van der Waals surface area contributed by atoms with E-state index >= 15 is 0 Å². The topological polar surface area (TPSA) is 69.2 Å². The summed E-state index contributed by atoms with van der Waals surface area (Å²) in [5.74, 6) is 1.16. The minimum Gasteiger partial charge on any atom is -0.383 e. The maximum Gasteiger partial charge on any atom is 0.222 e. The van der Waals surface area contributed by atoms with E-state index in [1.54, 1.807) is 7.11 Å². The number of hydrogen-bond donors (Lipinski definition) is 2. The maximum absolute atomic E-state index is 11.6. The van der Waals surface area contributed by atoms with Crippen LogP contribution in [-0.2, 0) is 9.53 Å². The van der Waals surface area contributed by atoms with Crippen LogP contribution in [0.4, 0.5) is 0 Å². The van der Waals surface area contributed by atoms with Gasteiger partial charge in [-0.2, -0.15) is 0 Å². The summed E-state index contributed by atoms with van der Waals surface area (Å²) in [5.41, 5.74) is 0. The molecular weight excluding hydrogens is 433 g/mol. The van der Waals surface area contributed by atoms with Gasteiger partial charge in [-0.25, -0.2) is 0 Å². The zero-order valence-corrected chi connectivity index (χ0v) is 18.4. The molecule has 1 aliphatic rings. The number of ether oxygens (including phenoxy) is 1. The molecule has 0 aromatic heterocycles. The first-order valence-electron chi connectivity index (χ1n) is 9.14. The molecule has 25 heavy (non-hydrogen) atoms. The Hall–Kier alpha value is -0.610. The van der Waals surface area contributed by atoms with Crippen LogP contribution in [0.1, 0.15) is 32.6 Å². The van der Waals surface area contributed by atoms with Crippen LogP contribution >= 0.6 is 24.0 Å². The van der Waals surface area contributed by atoms with E-state index in [-0.39, 0.29) is 24.0 Å². The van der Waals surface area contributed by atoms with E-state index in [9.17, 15) is 4.79 Å². The average molecular weight is 469 g/mol. The van der Waals surface area contributed by atoms with Crippen molar-refractivity contribution in [3.8, 4) is 0 Å². The van der Waals surface area contributed by atoms with Crippen molar-refractivity contribution in [2.75, 3.05) is 66.6 Å². The summed E-state index contributed by atoms with van der Waals surface area (Å²) in [7, 11) is 3.84. The third-order valence-electron chi connectivity index (χ3n) is 4.06. The second-order valence-corrected chi connectivity index (χ2v) is 6.17. The molecule has 0 bridgehead atoms. The number of guanidine groups is 1. The number of methoxy groups -OCH3 is 1. The summed E-state index contributed by atoms with van der Waals surface area (Å²) in [6.45, 7) is 9.06. The summed E-state index contributed by atoms with van der Waals surface area (Å²) >= 11 is 0. The molecule has 0 aliphatic carbocycles. The van der Waals surface area contributed by atoms with Crippen molar-refractivity contribution < 1.29 is 9.53 Å². The van der Waals surface area contributed by atoms with Crippen molar-refractivity contribution >= 4 is 35.8 Å². The number of amides is 1. The molecule has 1 aliphatic heterocycles. The fourth-order valence-electron chi connectivity index (χ4n) is 2.65. The number of nitrogens with one attached hydrogen (secondary N) is 2. The van der Waals surface area contributed by atoms with Crippen LogP contribution in [0.15, 0.2) is 4.99 Å². The highest BCUT2D eigenvalue weighted by Gasteiger charge is 2.18. The molecule has 0 atom stereocenters. The molecule has 2 N–H and O–H groups in total. The first-order valence-corrected chi connectivity index (χ1v) is 9.14. The van der Waals surface area contributed by atoms with Crippen molar-refractivity contribution in [2.45, 2.75) is 32.6 Å². The van der Waals surface area contributed by atoms with Crippen molar-refractivity contribution in [1.82, 2.24) is 20.4 Å². The van der Waals surface area contributed by atoms with Gasteiger partial charge in [0.05, 0.1) is 6.61 Å². The van der Waals surface area contributed by atoms with Gasteiger partial charge in [-0.05, 0) is 39.8 Å². The Bertz CT molecular complexity index is 382. The Kier molecular flexibility index (Phi) is 15.2. The largest absolute Gasteiger partial charge is 0.383 e. The fourth-order valence-corrected chi connectivity index (χ4v) is 2.65. The molecule has 1 saturated heterocycles. The van der Waals surface area contributed by atoms with Crippen molar-refractivity contribution in [2.24, 2.45) is 4.99 Å². The predicted octanol–water partition coefficient (Wildman–Crippen LogP) is 1.14. The van der Waals surface area contributed by atoms with Crippen LogP contribution in [-0.4, -0.2) is 88.2 Å². The summed E-state index contributed by atoms with van der Waals surface area (Å²) < 4.78 is 5.08. The molecule has 0 saturated carbocycles. The van der Waals surface area contributed by atoms with Gasteiger partial charge in [0.25, 0.3) is 0 Å². The smallest absolute Gasteiger partial charge is 0.222 e. The zero-order chi connectivity index (χ0) is 17.6. The molecular formula is C17H36IN5O2. The highest BCUT2D eigenvalue weighted by atomic mass is 127.